The summed E-state index contributed by atoms with van der Waals surface area (Å²) in [6.07, 6.45) is 0. The highest BCUT2D eigenvalue weighted by Crippen LogP contribution is 2.25. The van der Waals surface area contributed by atoms with E-state index in [0.717, 1.165) is 25.3 Å². The van der Waals surface area contributed by atoms with Crippen molar-refractivity contribution in [1.29, 1.82) is 5.26 Å². The molecule has 1 aliphatic rings. The normalized spacial score (nSPS) is 19.3. The van der Waals surface area contributed by atoms with E-state index in [9.17, 15) is 10.1 Å². The molecule has 1 aromatic rings. The second-order valence-corrected chi connectivity index (χ2v) is 4.37. The van der Waals surface area contributed by atoms with Crippen LogP contribution >= 0.6 is 0 Å². The minimum atomic E-state index is -0.525. The van der Waals surface area contributed by atoms with Gasteiger partial charge in [-0.25, -0.2) is 0 Å². The van der Waals surface area contributed by atoms with E-state index in [1.807, 2.05) is 6.07 Å². The Balaban J connectivity index is 2.30. The van der Waals surface area contributed by atoms with E-state index in [4.69, 9.17) is 5.26 Å². The lowest BCUT2D eigenvalue weighted by Crippen LogP contribution is -2.49. The molecule has 6 heteroatoms. The van der Waals surface area contributed by atoms with Gasteiger partial charge in [0.05, 0.1) is 4.92 Å². The molecular weight excluding hydrogens is 232 g/mol. The van der Waals surface area contributed by atoms with Gasteiger partial charge in [-0.1, -0.05) is 0 Å². The van der Waals surface area contributed by atoms with Gasteiger partial charge in [-0.3, -0.25) is 10.1 Å². The zero-order valence-electron chi connectivity index (χ0n) is 10.1. The molecule has 1 aromatic carbocycles. The summed E-state index contributed by atoms with van der Waals surface area (Å²) in [7, 11) is 0. The molecule has 1 N–H and O–H groups in total. The number of rotatable bonds is 2. The van der Waals surface area contributed by atoms with E-state index in [1.165, 1.54) is 6.07 Å². The number of piperazine rings is 1. The molecule has 0 aromatic heterocycles. The van der Waals surface area contributed by atoms with E-state index in [1.54, 1.807) is 12.1 Å². The van der Waals surface area contributed by atoms with Gasteiger partial charge in [0.25, 0.3) is 5.69 Å². The van der Waals surface area contributed by atoms with Gasteiger partial charge in [0, 0.05) is 37.4 Å². The Kier molecular flexibility index (Phi) is 3.44. The second-order valence-electron chi connectivity index (χ2n) is 4.37. The fraction of sp³-hybridized carbons (Fsp3) is 0.417. The van der Waals surface area contributed by atoms with Crippen molar-refractivity contribution in [2.45, 2.75) is 13.0 Å². The smallest absolute Gasteiger partial charge is 0.287 e. The first kappa shape index (κ1) is 12.3. The lowest BCUT2D eigenvalue weighted by atomic mass is 10.1. The lowest BCUT2D eigenvalue weighted by Gasteiger charge is -2.33. The molecular formula is C12H14N4O2. The number of hydrogen-bond acceptors (Lipinski definition) is 5. The predicted molar refractivity (Wildman–Crippen MR) is 67.5 cm³/mol. The van der Waals surface area contributed by atoms with Gasteiger partial charge in [-0.2, -0.15) is 5.26 Å². The molecule has 1 saturated heterocycles. The van der Waals surface area contributed by atoms with Gasteiger partial charge in [0.1, 0.15) is 11.6 Å². The van der Waals surface area contributed by atoms with Crippen LogP contribution in [0.4, 0.5) is 11.4 Å². The van der Waals surface area contributed by atoms with Crippen molar-refractivity contribution in [2.24, 2.45) is 0 Å². The monoisotopic (exact) mass is 246 g/mol. The van der Waals surface area contributed by atoms with Crippen LogP contribution in [0.15, 0.2) is 18.2 Å². The third kappa shape index (κ3) is 2.41. The van der Waals surface area contributed by atoms with Crippen molar-refractivity contribution in [3.8, 4) is 6.07 Å². The van der Waals surface area contributed by atoms with Crippen LogP contribution in [0.5, 0.6) is 0 Å². The molecule has 0 amide bonds. The highest BCUT2D eigenvalue weighted by molar-refractivity contribution is 5.60. The fourth-order valence-electron chi connectivity index (χ4n) is 2.14. The Morgan fingerprint density at radius 2 is 2.39 bits per heavy atom. The molecule has 0 aliphatic carbocycles. The Hall–Kier alpha value is -2.13. The third-order valence-electron chi connectivity index (χ3n) is 3.03. The molecule has 94 valence electrons. The maximum absolute atomic E-state index is 10.8. The van der Waals surface area contributed by atoms with Crippen LogP contribution in [0.25, 0.3) is 0 Å². The molecule has 0 spiro atoms. The fourth-order valence-corrected chi connectivity index (χ4v) is 2.14. The molecule has 0 radical (unpaired) electrons. The van der Waals surface area contributed by atoms with Crippen LogP contribution in [-0.2, 0) is 0 Å². The van der Waals surface area contributed by atoms with E-state index >= 15 is 0 Å². The highest BCUT2D eigenvalue weighted by atomic mass is 16.6. The van der Waals surface area contributed by atoms with Crippen molar-refractivity contribution in [3.05, 3.63) is 33.9 Å². The number of anilines is 1. The molecule has 0 bridgehead atoms. The molecule has 0 saturated carbocycles. The van der Waals surface area contributed by atoms with Gasteiger partial charge in [-0.15, -0.1) is 0 Å². The van der Waals surface area contributed by atoms with E-state index in [0.29, 0.717) is 6.04 Å². The number of nitrogens with zero attached hydrogens (tertiary/aromatic N) is 3. The van der Waals surface area contributed by atoms with E-state index < -0.39 is 4.92 Å². The van der Waals surface area contributed by atoms with Crippen LogP contribution in [0, 0.1) is 21.4 Å². The van der Waals surface area contributed by atoms with Crippen molar-refractivity contribution in [3.63, 3.8) is 0 Å². The summed E-state index contributed by atoms with van der Waals surface area (Å²) in [5, 5.41) is 23.0. The number of hydrogen-bond donors (Lipinski definition) is 1. The van der Waals surface area contributed by atoms with Crippen molar-refractivity contribution < 1.29 is 4.92 Å². The maximum Gasteiger partial charge on any atom is 0.287 e. The molecule has 2 rings (SSSR count). The van der Waals surface area contributed by atoms with Crippen LogP contribution in [-0.4, -0.2) is 30.6 Å². The zero-order valence-corrected chi connectivity index (χ0v) is 10.1. The van der Waals surface area contributed by atoms with Crippen molar-refractivity contribution in [1.82, 2.24) is 5.32 Å². The molecule has 1 aliphatic heterocycles. The molecule has 18 heavy (non-hydrogen) atoms. The topological polar surface area (TPSA) is 82.2 Å². The Labute approximate surface area is 105 Å². The van der Waals surface area contributed by atoms with Gasteiger partial charge in [0.15, 0.2) is 0 Å². The van der Waals surface area contributed by atoms with E-state index in [-0.39, 0.29) is 11.3 Å². The number of benzene rings is 1. The summed E-state index contributed by atoms with van der Waals surface area (Å²) < 4.78 is 0. The number of nitro groups is 1. The molecule has 1 heterocycles. The summed E-state index contributed by atoms with van der Waals surface area (Å²) >= 11 is 0. The van der Waals surface area contributed by atoms with Crippen LogP contribution < -0.4 is 10.2 Å². The molecule has 0 unspecified atom stereocenters. The van der Waals surface area contributed by atoms with Gasteiger partial charge in [0.2, 0.25) is 0 Å². The average molecular weight is 246 g/mol. The van der Waals surface area contributed by atoms with Crippen LogP contribution in [0.1, 0.15) is 12.5 Å². The largest absolute Gasteiger partial charge is 0.369 e. The lowest BCUT2D eigenvalue weighted by molar-refractivity contribution is -0.385. The maximum atomic E-state index is 10.8. The summed E-state index contributed by atoms with van der Waals surface area (Å²) in [6.45, 7) is 4.64. The predicted octanol–water partition coefficient (Wildman–Crippen LogP) is 1.26. The van der Waals surface area contributed by atoms with Crippen LogP contribution in [0.2, 0.25) is 0 Å². The number of nitro benzene ring substituents is 1. The number of nitriles is 1. The Morgan fingerprint density at radius 1 is 1.61 bits per heavy atom. The van der Waals surface area contributed by atoms with Gasteiger partial charge >= 0.3 is 0 Å². The van der Waals surface area contributed by atoms with Gasteiger partial charge in [-0.05, 0) is 19.1 Å². The SMILES string of the molecule is C[C@H]1CN(c2ccc([N+](=O)[O-])c(C#N)c2)CCN1. The number of nitrogens with one attached hydrogen (secondary N) is 1. The highest BCUT2D eigenvalue weighted by Gasteiger charge is 2.19. The third-order valence-corrected chi connectivity index (χ3v) is 3.03. The quantitative estimate of drug-likeness (QED) is 0.627. The zero-order chi connectivity index (χ0) is 13.1. The summed E-state index contributed by atoms with van der Waals surface area (Å²) in [5.41, 5.74) is 0.846. The second kappa shape index (κ2) is 5.02. The summed E-state index contributed by atoms with van der Waals surface area (Å²) in [4.78, 5) is 12.4. The average Bonchev–Trinajstić information content (AvgIpc) is 2.37. The molecule has 1 fully saturated rings. The van der Waals surface area contributed by atoms with Crippen molar-refractivity contribution in [2.75, 3.05) is 24.5 Å². The Bertz CT molecular complexity index is 509. The summed E-state index contributed by atoms with van der Waals surface area (Å²) in [6, 6.07) is 6.96. The van der Waals surface area contributed by atoms with Crippen LogP contribution in [0.3, 0.4) is 0 Å². The summed E-state index contributed by atoms with van der Waals surface area (Å²) in [5.74, 6) is 0. The van der Waals surface area contributed by atoms with Gasteiger partial charge < -0.3 is 10.2 Å². The minimum Gasteiger partial charge on any atom is -0.369 e. The minimum absolute atomic E-state index is 0.115. The first-order valence-corrected chi connectivity index (χ1v) is 5.78. The Morgan fingerprint density at radius 3 is 3.00 bits per heavy atom. The van der Waals surface area contributed by atoms with E-state index in [2.05, 4.69) is 17.1 Å². The first-order chi connectivity index (χ1) is 8.61. The van der Waals surface area contributed by atoms with Crippen molar-refractivity contribution >= 4 is 11.4 Å². The standard InChI is InChI=1S/C12H14N4O2/c1-9-8-15(5-4-14-9)11-2-3-12(16(17)18)10(6-11)7-13/h2-3,6,9,14H,4-5,8H2,1H3/t9-/m0/s1. The molecule has 1 atom stereocenters. The molecule has 6 nitrogen and oxygen atoms in total. The first-order valence-electron chi connectivity index (χ1n) is 5.78.